The van der Waals surface area contributed by atoms with E-state index in [1.165, 1.54) is 0 Å². The van der Waals surface area contributed by atoms with Crippen molar-refractivity contribution in [3.8, 4) is 11.8 Å². The van der Waals surface area contributed by atoms with Gasteiger partial charge in [0.25, 0.3) is 5.91 Å². The predicted molar refractivity (Wildman–Crippen MR) is 133 cm³/mol. The van der Waals surface area contributed by atoms with Gasteiger partial charge in [-0.15, -0.1) is 5.92 Å². The average Bonchev–Trinajstić information content (AvgIpc) is 2.76. The van der Waals surface area contributed by atoms with E-state index in [-0.39, 0.29) is 17.9 Å². The molecule has 0 aromatic carbocycles. The molecule has 1 aliphatic heterocycles. The molecule has 1 heterocycles. The molecular formula is C26H44N4O2. The summed E-state index contributed by atoms with van der Waals surface area (Å²) in [7, 11) is 0. The molecule has 1 unspecified atom stereocenters. The summed E-state index contributed by atoms with van der Waals surface area (Å²) in [5, 5.41) is 9.19. The third-order valence-corrected chi connectivity index (χ3v) is 5.30. The highest BCUT2D eigenvalue weighted by Gasteiger charge is 2.25. The van der Waals surface area contributed by atoms with Crippen LogP contribution >= 0.6 is 0 Å². The minimum atomic E-state index is -0.210. The second kappa shape index (κ2) is 14.7. The summed E-state index contributed by atoms with van der Waals surface area (Å²) in [6.07, 6.45) is 4.30. The fourth-order valence-corrected chi connectivity index (χ4v) is 3.53. The lowest BCUT2D eigenvalue weighted by molar-refractivity contribution is -0.128. The van der Waals surface area contributed by atoms with Gasteiger partial charge in [0.1, 0.15) is 0 Å². The first-order valence-electron chi connectivity index (χ1n) is 12.1. The van der Waals surface area contributed by atoms with Gasteiger partial charge in [-0.1, -0.05) is 47.5 Å². The van der Waals surface area contributed by atoms with Crippen LogP contribution in [0.15, 0.2) is 22.9 Å². The maximum Gasteiger partial charge on any atom is 0.318 e. The summed E-state index contributed by atoms with van der Waals surface area (Å²) in [6, 6.07) is -0.210. The van der Waals surface area contributed by atoms with E-state index in [9.17, 15) is 9.59 Å². The van der Waals surface area contributed by atoms with Gasteiger partial charge in [0.2, 0.25) is 0 Å². The van der Waals surface area contributed by atoms with Crippen LogP contribution < -0.4 is 16.0 Å². The molecule has 0 saturated carbocycles. The first kappa shape index (κ1) is 27.8. The third kappa shape index (κ3) is 9.91. The first-order valence-corrected chi connectivity index (χ1v) is 12.1. The Kier molecular flexibility index (Phi) is 12.8. The van der Waals surface area contributed by atoms with Gasteiger partial charge in [0, 0.05) is 50.4 Å². The molecule has 3 amide bonds. The van der Waals surface area contributed by atoms with Crippen LogP contribution in [0.25, 0.3) is 0 Å². The number of allylic oxidation sites excluding steroid dienone is 3. The molecule has 0 bridgehead atoms. The number of carbonyl (C=O) groups is 2. The van der Waals surface area contributed by atoms with Crippen molar-refractivity contribution in [2.45, 2.75) is 67.7 Å². The highest BCUT2D eigenvalue weighted by atomic mass is 16.2. The van der Waals surface area contributed by atoms with E-state index in [2.05, 4.69) is 62.4 Å². The smallest absolute Gasteiger partial charge is 0.318 e. The quantitative estimate of drug-likeness (QED) is 0.285. The average molecular weight is 445 g/mol. The fraction of sp³-hybridized carbons (Fsp3) is 0.692. The molecule has 1 saturated heterocycles. The number of nitrogens with one attached hydrogen (secondary N) is 3. The Bertz CT molecular complexity index is 735. The molecule has 180 valence electrons. The standard InChI is InChI=1S/C26H44N4O2/c1-8-10-11-22(9-2)24(25(31)30-14-12-27-13-15-30)17-23(16-19(3)4)21(7)29-26(32)28-18-20(5)6/h17,19-20,22,27H,8-9,12-16,18H2,1-7H3,(H2,28,29,32)/b23-21+,24-17+. The normalized spacial score (nSPS) is 16.3. The van der Waals surface area contributed by atoms with Crippen LogP contribution in [-0.4, -0.2) is 49.6 Å². The number of rotatable bonds is 9. The summed E-state index contributed by atoms with van der Waals surface area (Å²) in [6.45, 7) is 18.1. The van der Waals surface area contributed by atoms with Gasteiger partial charge < -0.3 is 20.9 Å². The van der Waals surface area contributed by atoms with E-state index in [0.29, 0.717) is 31.5 Å². The molecule has 1 atom stereocenters. The molecule has 3 N–H and O–H groups in total. The summed E-state index contributed by atoms with van der Waals surface area (Å²) >= 11 is 0. The molecule has 1 aliphatic rings. The first-order chi connectivity index (χ1) is 15.2. The highest BCUT2D eigenvalue weighted by Crippen LogP contribution is 2.24. The number of nitrogens with zero attached hydrogens (tertiary/aromatic N) is 1. The maximum absolute atomic E-state index is 13.5. The van der Waals surface area contributed by atoms with Gasteiger partial charge in [-0.05, 0) is 43.3 Å². The third-order valence-electron chi connectivity index (χ3n) is 5.30. The molecule has 6 heteroatoms. The van der Waals surface area contributed by atoms with Crippen LogP contribution in [0.1, 0.15) is 67.7 Å². The zero-order chi connectivity index (χ0) is 24.1. The highest BCUT2D eigenvalue weighted by molar-refractivity contribution is 5.95. The SMILES string of the molecule is CCC#CC(CC)/C(=C\C(CC(C)C)=C(/C)NC(=O)NCC(C)C)C(=O)N1CCNCC1. The summed E-state index contributed by atoms with van der Waals surface area (Å²) in [5.41, 5.74) is 2.49. The van der Waals surface area contributed by atoms with Crippen molar-refractivity contribution in [2.75, 3.05) is 32.7 Å². The molecule has 0 spiro atoms. The van der Waals surface area contributed by atoms with E-state index in [1.54, 1.807) is 0 Å². The molecule has 1 fully saturated rings. The number of carbonyl (C=O) groups excluding carboxylic acids is 2. The molecule has 0 aromatic rings. The van der Waals surface area contributed by atoms with Crippen molar-refractivity contribution < 1.29 is 9.59 Å². The van der Waals surface area contributed by atoms with Gasteiger partial charge in [-0.25, -0.2) is 4.79 Å². The topological polar surface area (TPSA) is 73.5 Å². The van der Waals surface area contributed by atoms with Crippen LogP contribution in [0, 0.1) is 29.6 Å². The van der Waals surface area contributed by atoms with Crippen molar-refractivity contribution in [1.29, 1.82) is 0 Å². The molecule has 0 radical (unpaired) electrons. The molecule has 0 aromatic heterocycles. The zero-order valence-electron chi connectivity index (χ0n) is 21.2. The summed E-state index contributed by atoms with van der Waals surface area (Å²) < 4.78 is 0. The van der Waals surface area contributed by atoms with Crippen molar-refractivity contribution in [1.82, 2.24) is 20.9 Å². The molecule has 1 rings (SSSR count). The molecule has 0 aliphatic carbocycles. The Morgan fingerprint density at radius 3 is 2.28 bits per heavy atom. The number of hydrogen-bond acceptors (Lipinski definition) is 3. The largest absolute Gasteiger partial charge is 0.338 e. The number of piperazine rings is 1. The monoisotopic (exact) mass is 444 g/mol. The van der Waals surface area contributed by atoms with Gasteiger partial charge >= 0.3 is 6.03 Å². The van der Waals surface area contributed by atoms with Gasteiger partial charge in [0.05, 0.1) is 5.92 Å². The van der Waals surface area contributed by atoms with Crippen molar-refractivity contribution >= 4 is 11.9 Å². The van der Waals surface area contributed by atoms with Crippen LogP contribution in [0.3, 0.4) is 0 Å². The summed E-state index contributed by atoms with van der Waals surface area (Å²) in [4.78, 5) is 27.8. The van der Waals surface area contributed by atoms with Crippen LogP contribution in [0.5, 0.6) is 0 Å². The number of amides is 3. The van der Waals surface area contributed by atoms with Gasteiger partial charge in [0.15, 0.2) is 0 Å². The van der Waals surface area contributed by atoms with E-state index in [0.717, 1.165) is 49.2 Å². The summed E-state index contributed by atoms with van der Waals surface area (Å²) in [5.74, 6) is 7.18. The predicted octanol–water partition coefficient (Wildman–Crippen LogP) is 4.06. The molecule has 6 nitrogen and oxygen atoms in total. The number of hydrogen-bond donors (Lipinski definition) is 3. The minimum Gasteiger partial charge on any atom is -0.338 e. The van der Waals surface area contributed by atoms with E-state index in [1.807, 2.05) is 24.8 Å². The lowest BCUT2D eigenvalue weighted by Gasteiger charge is -2.30. The lowest BCUT2D eigenvalue weighted by Crippen LogP contribution is -2.47. The van der Waals surface area contributed by atoms with Gasteiger partial charge in [-0.2, -0.15) is 0 Å². The van der Waals surface area contributed by atoms with Crippen LogP contribution in [0.4, 0.5) is 4.79 Å². The van der Waals surface area contributed by atoms with Crippen molar-refractivity contribution in [3.05, 3.63) is 22.9 Å². The Labute approximate surface area is 195 Å². The van der Waals surface area contributed by atoms with E-state index >= 15 is 0 Å². The van der Waals surface area contributed by atoms with E-state index < -0.39 is 0 Å². The zero-order valence-corrected chi connectivity index (χ0v) is 21.2. The molecular weight excluding hydrogens is 400 g/mol. The maximum atomic E-state index is 13.5. The Morgan fingerprint density at radius 2 is 1.75 bits per heavy atom. The minimum absolute atomic E-state index is 0.0575. The Balaban J connectivity index is 3.36. The lowest BCUT2D eigenvalue weighted by atomic mass is 9.90. The Morgan fingerprint density at radius 1 is 1.09 bits per heavy atom. The van der Waals surface area contributed by atoms with Gasteiger partial charge in [-0.3, -0.25) is 4.79 Å². The van der Waals surface area contributed by atoms with Crippen LogP contribution in [0.2, 0.25) is 0 Å². The fourth-order valence-electron chi connectivity index (χ4n) is 3.53. The second-order valence-electron chi connectivity index (χ2n) is 9.25. The number of urea groups is 1. The second-order valence-corrected chi connectivity index (χ2v) is 9.25. The molecule has 32 heavy (non-hydrogen) atoms. The Hall–Kier alpha value is -2.26. The van der Waals surface area contributed by atoms with E-state index in [4.69, 9.17) is 0 Å². The van der Waals surface area contributed by atoms with Crippen molar-refractivity contribution in [2.24, 2.45) is 17.8 Å². The van der Waals surface area contributed by atoms with Crippen LogP contribution in [-0.2, 0) is 4.79 Å². The van der Waals surface area contributed by atoms with Crippen molar-refractivity contribution in [3.63, 3.8) is 0 Å².